The number of ether oxygens (including phenoxy) is 2. The van der Waals surface area contributed by atoms with Crippen LogP contribution in [0.3, 0.4) is 0 Å². The normalized spacial score (nSPS) is 9.12. The highest BCUT2D eigenvalue weighted by Crippen LogP contribution is 2.30. The number of nitrogens with two attached hydrogens (primary N) is 1. The summed E-state index contributed by atoms with van der Waals surface area (Å²) in [6.45, 7) is 0.717. The van der Waals surface area contributed by atoms with Crippen LogP contribution in [0.25, 0.3) is 0 Å². The summed E-state index contributed by atoms with van der Waals surface area (Å²) in [5, 5.41) is 10.5. The molecule has 0 radical (unpaired) electrons. The molecule has 0 aliphatic heterocycles. The molecule has 0 atom stereocenters. The van der Waals surface area contributed by atoms with E-state index in [-0.39, 0.29) is 18.1 Å². The summed E-state index contributed by atoms with van der Waals surface area (Å²) in [5.74, 6) is 0.784. The average Bonchev–Trinajstić information content (AvgIpc) is 2.25. The lowest BCUT2D eigenvalue weighted by Crippen LogP contribution is -2.11. The Hall–Kier alpha value is -1.53. The second-order valence-electron chi connectivity index (χ2n) is 2.73. The molecule has 0 fully saturated rings. The van der Waals surface area contributed by atoms with Gasteiger partial charge in [0, 0.05) is 12.6 Å². The largest absolute Gasteiger partial charge is 0.493 e. The van der Waals surface area contributed by atoms with E-state index in [0.717, 1.165) is 0 Å². The first-order valence-electron chi connectivity index (χ1n) is 4.34. The van der Waals surface area contributed by atoms with Crippen LogP contribution in [0.5, 0.6) is 11.5 Å². The van der Waals surface area contributed by atoms with Crippen LogP contribution in [0, 0.1) is 10.1 Å². The first-order chi connectivity index (χ1) is 7.19. The van der Waals surface area contributed by atoms with Crippen molar-refractivity contribution in [3.05, 3.63) is 28.3 Å². The molecule has 1 aromatic rings. The molecule has 7 heteroatoms. The molecule has 0 saturated heterocycles. The first-order valence-corrected chi connectivity index (χ1v) is 4.34. The highest BCUT2D eigenvalue weighted by Gasteiger charge is 2.11. The van der Waals surface area contributed by atoms with Crippen molar-refractivity contribution in [1.29, 1.82) is 0 Å². The summed E-state index contributed by atoms with van der Waals surface area (Å²) >= 11 is 0. The van der Waals surface area contributed by atoms with Crippen LogP contribution < -0.4 is 15.2 Å². The maximum absolute atomic E-state index is 10.5. The van der Waals surface area contributed by atoms with Gasteiger partial charge in [-0.2, -0.15) is 0 Å². The minimum atomic E-state index is -0.491. The fourth-order valence-corrected chi connectivity index (χ4v) is 1.06. The molecular formula is C9H13ClN2O4. The van der Waals surface area contributed by atoms with Crippen molar-refractivity contribution in [2.75, 3.05) is 20.3 Å². The fraction of sp³-hybridized carbons (Fsp3) is 0.333. The van der Waals surface area contributed by atoms with Gasteiger partial charge < -0.3 is 15.2 Å². The second-order valence-corrected chi connectivity index (χ2v) is 2.73. The van der Waals surface area contributed by atoms with Crippen molar-refractivity contribution in [3.63, 3.8) is 0 Å². The monoisotopic (exact) mass is 248 g/mol. The molecule has 0 aliphatic rings. The SMILES string of the molecule is COc1cc([N+](=O)[O-])ccc1OCCN.Cl. The van der Waals surface area contributed by atoms with E-state index in [1.165, 1.54) is 25.3 Å². The molecule has 1 rings (SSSR count). The van der Waals surface area contributed by atoms with Crippen LogP contribution >= 0.6 is 12.4 Å². The Labute approximate surface area is 98.9 Å². The van der Waals surface area contributed by atoms with E-state index in [0.29, 0.717) is 24.7 Å². The zero-order valence-electron chi connectivity index (χ0n) is 8.71. The van der Waals surface area contributed by atoms with Gasteiger partial charge in [-0.1, -0.05) is 0 Å². The van der Waals surface area contributed by atoms with E-state index in [2.05, 4.69) is 0 Å². The minimum absolute atomic E-state index is 0. The Morgan fingerprint density at radius 3 is 2.62 bits per heavy atom. The lowest BCUT2D eigenvalue weighted by atomic mass is 10.3. The number of non-ortho nitro benzene ring substituents is 1. The maximum atomic E-state index is 10.5. The lowest BCUT2D eigenvalue weighted by Gasteiger charge is -2.08. The maximum Gasteiger partial charge on any atom is 0.273 e. The molecule has 90 valence electrons. The summed E-state index contributed by atoms with van der Waals surface area (Å²) in [6, 6.07) is 4.16. The molecule has 0 heterocycles. The lowest BCUT2D eigenvalue weighted by molar-refractivity contribution is -0.384. The third-order valence-electron chi connectivity index (χ3n) is 1.73. The molecule has 0 bridgehead atoms. The standard InChI is InChI=1S/C9H12N2O4.ClH/c1-14-9-6-7(11(12)13)2-3-8(9)15-5-4-10;/h2-3,6H,4-5,10H2,1H3;1H. The first kappa shape index (κ1) is 14.5. The summed E-state index contributed by atoms with van der Waals surface area (Å²) in [5.41, 5.74) is 5.24. The molecule has 0 saturated carbocycles. The quantitative estimate of drug-likeness (QED) is 0.628. The van der Waals surface area contributed by atoms with Gasteiger partial charge in [0.05, 0.1) is 18.1 Å². The predicted molar refractivity (Wildman–Crippen MR) is 61.4 cm³/mol. The number of hydrogen-bond donors (Lipinski definition) is 1. The Bertz CT molecular complexity index is 359. The molecule has 16 heavy (non-hydrogen) atoms. The van der Waals surface area contributed by atoms with Gasteiger partial charge in [0.15, 0.2) is 11.5 Å². The Morgan fingerprint density at radius 1 is 1.44 bits per heavy atom. The molecule has 6 nitrogen and oxygen atoms in total. The van der Waals surface area contributed by atoms with Crippen LogP contribution in [0.4, 0.5) is 5.69 Å². The summed E-state index contributed by atoms with van der Waals surface area (Å²) in [6.07, 6.45) is 0. The van der Waals surface area contributed by atoms with Crippen molar-refractivity contribution in [3.8, 4) is 11.5 Å². The van der Waals surface area contributed by atoms with Gasteiger partial charge in [0.25, 0.3) is 5.69 Å². The number of hydrogen-bond acceptors (Lipinski definition) is 5. The van der Waals surface area contributed by atoms with Crippen molar-refractivity contribution in [2.45, 2.75) is 0 Å². The van der Waals surface area contributed by atoms with E-state index >= 15 is 0 Å². The van der Waals surface area contributed by atoms with Crippen LogP contribution in [0.15, 0.2) is 18.2 Å². The zero-order chi connectivity index (χ0) is 11.3. The molecule has 0 aliphatic carbocycles. The number of benzene rings is 1. The molecule has 0 spiro atoms. The van der Waals surface area contributed by atoms with Gasteiger partial charge in [-0.25, -0.2) is 0 Å². The number of halogens is 1. The van der Waals surface area contributed by atoms with Gasteiger partial charge in [-0.3, -0.25) is 10.1 Å². The summed E-state index contributed by atoms with van der Waals surface area (Å²) in [4.78, 5) is 9.99. The third-order valence-corrected chi connectivity index (χ3v) is 1.73. The molecule has 1 aromatic carbocycles. The number of rotatable bonds is 5. The van der Waals surface area contributed by atoms with Crippen molar-refractivity contribution in [1.82, 2.24) is 0 Å². The van der Waals surface area contributed by atoms with E-state index in [1.807, 2.05) is 0 Å². The number of nitro benzene ring substituents is 1. The Balaban J connectivity index is 0.00000225. The smallest absolute Gasteiger partial charge is 0.273 e. The van der Waals surface area contributed by atoms with Gasteiger partial charge >= 0.3 is 0 Å². The molecule has 0 amide bonds. The molecule has 2 N–H and O–H groups in total. The van der Waals surface area contributed by atoms with Gasteiger partial charge in [0.1, 0.15) is 6.61 Å². The van der Waals surface area contributed by atoms with E-state index in [9.17, 15) is 10.1 Å². The van der Waals surface area contributed by atoms with Crippen LogP contribution in [-0.4, -0.2) is 25.2 Å². The molecule has 0 aromatic heterocycles. The zero-order valence-corrected chi connectivity index (χ0v) is 9.53. The van der Waals surface area contributed by atoms with E-state index in [1.54, 1.807) is 0 Å². The fourth-order valence-electron chi connectivity index (χ4n) is 1.06. The van der Waals surface area contributed by atoms with Crippen LogP contribution in [0.1, 0.15) is 0 Å². The Morgan fingerprint density at radius 2 is 2.12 bits per heavy atom. The highest BCUT2D eigenvalue weighted by atomic mass is 35.5. The minimum Gasteiger partial charge on any atom is -0.493 e. The summed E-state index contributed by atoms with van der Waals surface area (Å²) < 4.78 is 10.2. The van der Waals surface area contributed by atoms with Crippen LogP contribution in [-0.2, 0) is 0 Å². The number of nitrogens with zero attached hydrogens (tertiary/aromatic N) is 1. The van der Waals surface area contributed by atoms with Gasteiger partial charge in [-0.15, -0.1) is 12.4 Å². The average molecular weight is 249 g/mol. The van der Waals surface area contributed by atoms with Crippen molar-refractivity contribution >= 4 is 18.1 Å². The second kappa shape index (κ2) is 6.86. The third kappa shape index (κ3) is 3.56. The highest BCUT2D eigenvalue weighted by molar-refractivity contribution is 5.85. The summed E-state index contributed by atoms with van der Waals surface area (Å²) in [7, 11) is 1.42. The van der Waals surface area contributed by atoms with Crippen molar-refractivity contribution in [2.24, 2.45) is 5.73 Å². The van der Waals surface area contributed by atoms with Crippen LogP contribution in [0.2, 0.25) is 0 Å². The number of nitro groups is 1. The van der Waals surface area contributed by atoms with E-state index in [4.69, 9.17) is 15.2 Å². The molecule has 0 unspecified atom stereocenters. The number of methoxy groups -OCH3 is 1. The van der Waals surface area contributed by atoms with Gasteiger partial charge in [-0.05, 0) is 6.07 Å². The predicted octanol–water partition coefficient (Wildman–Crippen LogP) is 1.36. The topological polar surface area (TPSA) is 87.6 Å². The Kier molecular flexibility index (Phi) is 6.21. The van der Waals surface area contributed by atoms with E-state index < -0.39 is 4.92 Å². The van der Waals surface area contributed by atoms with Crippen molar-refractivity contribution < 1.29 is 14.4 Å². The van der Waals surface area contributed by atoms with Gasteiger partial charge in [0.2, 0.25) is 0 Å². The molecular weight excluding hydrogens is 236 g/mol.